The van der Waals surface area contributed by atoms with E-state index in [4.69, 9.17) is 9.84 Å². The Morgan fingerprint density at radius 2 is 2.10 bits per heavy atom. The van der Waals surface area contributed by atoms with E-state index in [1.807, 2.05) is 0 Å². The molecule has 108 valence electrons. The highest BCUT2D eigenvalue weighted by molar-refractivity contribution is 7.10. The first-order valence-electron chi connectivity index (χ1n) is 6.41. The first kappa shape index (κ1) is 14.6. The van der Waals surface area contributed by atoms with Gasteiger partial charge in [0.25, 0.3) is 0 Å². The van der Waals surface area contributed by atoms with Gasteiger partial charge in [-0.25, -0.2) is 9.59 Å². The van der Waals surface area contributed by atoms with Crippen LogP contribution in [0.2, 0.25) is 0 Å². The standard InChI is InChI=1S/C14H17NO4S/c1-9(2)19-14(18)15-5-3-10(4-6-15)12-7-11(8-20-12)13(16)17/h7-8,10H,1,3-6H2,2H3,(H,16,17). The van der Waals surface area contributed by atoms with Gasteiger partial charge in [-0.1, -0.05) is 6.58 Å². The molecule has 1 saturated heterocycles. The van der Waals surface area contributed by atoms with Crippen molar-refractivity contribution < 1.29 is 19.4 Å². The van der Waals surface area contributed by atoms with Crippen molar-refractivity contribution in [1.82, 2.24) is 4.90 Å². The number of likely N-dealkylation sites (tertiary alicyclic amines) is 1. The minimum absolute atomic E-state index is 0.321. The monoisotopic (exact) mass is 295 g/mol. The van der Waals surface area contributed by atoms with Gasteiger partial charge >= 0.3 is 12.1 Å². The van der Waals surface area contributed by atoms with Crippen LogP contribution in [-0.4, -0.2) is 35.2 Å². The smallest absolute Gasteiger partial charge is 0.414 e. The van der Waals surface area contributed by atoms with Crippen LogP contribution >= 0.6 is 11.3 Å². The van der Waals surface area contributed by atoms with Crippen molar-refractivity contribution in [3.63, 3.8) is 0 Å². The average Bonchev–Trinajstić information content (AvgIpc) is 2.88. The summed E-state index contributed by atoms with van der Waals surface area (Å²) in [5.74, 6) is -0.182. The molecule has 0 radical (unpaired) electrons. The molecule has 1 aliphatic rings. The first-order valence-corrected chi connectivity index (χ1v) is 7.29. The number of carbonyl (C=O) groups is 2. The van der Waals surface area contributed by atoms with Gasteiger partial charge in [0.05, 0.1) is 11.3 Å². The molecule has 0 bridgehead atoms. The summed E-state index contributed by atoms with van der Waals surface area (Å²) in [5, 5.41) is 10.6. The minimum Gasteiger partial charge on any atom is -0.478 e. The summed E-state index contributed by atoms with van der Waals surface area (Å²) in [5.41, 5.74) is 0.342. The quantitative estimate of drug-likeness (QED) is 0.869. The van der Waals surface area contributed by atoms with Gasteiger partial charge < -0.3 is 14.7 Å². The molecule has 2 rings (SSSR count). The molecule has 20 heavy (non-hydrogen) atoms. The topological polar surface area (TPSA) is 66.8 Å². The zero-order valence-electron chi connectivity index (χ0n) is 11.3. The molecule has 5 nitrogen and oxygen atoms in total. The molecule has 1 fully saturated rings. The first-order chi connectivity index (χ1) is 9.47. The highest BCUT2D eigenvalue weighted by atomic mass is 32.1. The molecule has 0 unspecified atom stereocenters. The van der Waals surface area contributed by atoms with Crippen molar-refractivity contribution >= 4 is 23.4 Å². The van der Waals surface area contributed by atoms with Gasteiger partial charge in [0.1, 0.15) is 0 Å². The highest BCUT2D eigenvalue weighted by Gasteiger charge is 2.26. The number of allylic oxidation sites excluding steroid dienone is 1. The van der Waals surface area contributed by atoms with E-state index in [9.17, 15) is 9.59 Å². The van der Waals surface area contributed by atoms with Gasteiger partial charge in [-0.2, -0.15) is 0 Å². The zero-order chi connectivity index (χ0) is 14.7. The van der Waals surface area contributed by atoms with E-state index in [0.717, 1.165) is 17.7 Å². The maximum Gasteiger partial charge on any atom is 0.414 e. The number of carbonyl (C=O) groups excluding carboxylic acids is 1. The van der Waals surface area contributed by atoms with Gasteiger partial charge in [0.2, 0.25) is 0 Å². The Hall–Kier alpha value is -1.82. The van der Waals surface area contributed by atoms with Crippen LogP contribution < -0.4 is 0 Å². The van der Waals surface area contributed by atoms with Gasteiger partial charge in [0, 0.05) is 23.3 Å². The van der Waals surface area contributed by atoms with Crippen molar-refractivity contribution in [2.75, 3.05) is 13.1 Å². The Bertz CT molecular complexity index is 529. The van der Waals surface area contributed by atoms with Crippen LogP contribution in [0, 0.1) is 0 Å². The molecule has 0 aromatic carbocycles. The number of carboxylic acid groups (broad SMARTS) is 1. The van der Waals surface area contributed by atoms with Crippen molar-refractivity contribution in [3.05, 3.63) is 34.2 Å². The van der Waals surface area contributed by atoms with Crippen LogP contribution in [0.4, 0.5) is 4.79 Å². The number of piperidine rings is 1. The number of rotatable bonds is 3. The Kier molecular flexibility index (Phi) is 4.44. The van der Waals surface area contributed by atoms with Crippen molar-refractivity contribution in [3.8, 4) is 0 Å². The predicted molar refractivity (Wildman–Crippen MR) is 76.1 cm³/mol. The third kappa shape index (κ3) is 3.39. The number of aromatic carboxylic acids is 1. The fourth-order valence-corrected chi connectivity index (χ4v) is 3.29. The van der Waals surface area contributed by atoms with Crippen LogP contribution in [0.15, 0.2) is 23.8 Å². The maximum absolute atomic E-state index is 11.7. The fourth-order valence-electron chi connectivity index (χ4n) is 2.24. The minimum atomic E-state index is -0.894. The van der Waals surface area contributed by atoms with Gasteiger partial charge in [0.15, 0.2) is 0 Å². The second-order valence-electron chi connectivity index (χ2n) is 4.87. The zero-order valence-corrected chi connectivity index (χ0v) is 12.1. The molecular formula is C14H17NO4S. The lowest BCUT2D eigenvalue weighted by atomic mass is 9.95. The Balaban J connectivity index is 1.92. The summed E-state index contributed by atoms with van der Waals surface area (Å²) in [6.07, 6.45) is 1.30. The molecule has 1 aliphatic heterocycles. The molecule has 0 atom stereocenters. The number of carboxylic acids is 1. The highest BCUT2D eigenvalue weighted by Crippen LogP contribution is 2.32. The third-order valence-electron chi connectivity index (χ3n) is 3.28. The van der Waals surface area contributed by atoms with E-state index in [1.54, 1.807) is 23.3 Å². The van der Waals surface area contributed by atoms with Crippen molar-refractivity contribution in [1.29, 1.82) is 0 Å². The number of amides is 1. The summed E-state index contributed by atoms with van der Waals surface area (Å²) in [4.78, 5) is 25.3. The Morgan fingerprint density at radius 1 is 1.45 bits per heavy atom. The summed E-state index contributed by atoms with van der Waals surface area (Å²) in [6, 6.07) is 1.74. The normalized spacial score (nSPS) is 15.9. The van der Waals surface area contributed by atoms with Crippen LogP contribution in [0.5, 0.6) is 0 Å². The number of thiophene rings is 1. The van der Waals surface area contributed by atoms with E-state index >= 15 is 0 Å². The number of hydrogen-bond acceptors (Lipinski definition) is 4. The molecule has 0 saturated carbocycles. The largest absolute Gasteiger partial charge is 0.478 e. The second-order valence-corrected chi connectivity index (χ2v) is 5.82. The lowest BCUT2D eigenvalue weighted by Gasteiger charge is -2.30. The van der Waals surface area contributed by atoms with E-state index in [0.29, 0.717) is 30.3 Å². The van der Waals surface area contributed by atoms with E-state index in [-0.39, 0.29) is 6.09 Å². The van der Waals surface area contributed by atoms with Gasteiger partial charge in [-0.15, -0.1) is 11.3 Å². The number of nitrogens with zero attached hydrogens (tertiary/aromatic N) is 1. The lowest BCUT2D eigenvalue weighted by molar-refractivity contribution is 0.0697. The molecular weight excluding hydrogens is 278 g/mol. The molecule has 1 aromatic rings. The summed E-state index contributed by atoms with van der Waals surface area (Å²) < 4.78 is 4.98. The number of ether oxygens (including phenoxy) is 1. The maximum atomic E-state index is 11.7. The molecule has 1 amide bonds. The SMILES string of the molecule is C=C(C)OC(=O)N1CCC(c2cc(C(=O)O)cs2)CC1. The third-order valence-corrected chi connectivity index (χ3v) is 4.38. The summed E-state index contributed by atoms with van der Waals surface area (Å²) in [7, 11) is 0. The molecule has 1 aromatic heterocycles. The van der Waals surface area contributed by atoms with Crippen LogP contribution in [0.1, 0.15) is 40.9 Å². The van der Waals surface area contributed by atoms with Crippen LogP contribution in [-0.2, 0) is 4.74 Å². The van der Waals surface area contributed by atoms with E-state index < -0.39 is 5.97 Å². The van der Waals surface area contributed by atoms with Gasteiger partial charge in [-0.3, -0.25) is 0 Å². The van der Waals surface area contributed by atoms with Crippen LogP contribution in [0.3, 0.4) is 0 Å². The Morgan fingerprint density at radius 3 is 2.60 bits per heavy atom. The van der Waals surface area contributed by atoms with Crippen molar-refractivity contribution in [2.24, 2.45) is 0 Å². The second kappa shape index (κ2) is 6.09. The Labute approximate surface area is 121 Å². The average molecular weight is 295 g/mol. The van der Waals surface area contributed by atoms with E-state index in [2.05, 4.69) is 6.58 Å². The fraction of sp³-hybridized carbons (Fsp3) is 0.429. The molecule has 6 heteroatoms. The summed E-state index contributed by atoms with van der Waals surface area (Å²) in [6.45, 7) is 6.43. The lowest BCUT2D eigenvalue weighted by Crippen LogP contribution is -2.37. The van der Waals surface area contributed by atoms with E-state index in [1.165, 1.54) is 11.3 Å². The molecule has 1 N–H and O–H groups in total. The molecule has 0 spiro atoms. The predicted octanol–water partition coefficient (Wildman–Crippen LogP) is 3.30. The van der Waals surface area contributed by atoms with Gasteiger partial charge in [-0.05, 0) is 31.7 Å². The van der Waals surface area contributed by atoms with Crippen LogP contribution in [0.25, 0.3) is 0 Å². The molecule has 0 aliphatic carbocycles. The molecule has 2 heterocycles. The summed E-state index contributed by atoms with van der Waals surface area (Å²) >= 11 is 1.48. The number of hydrogen-bond donors (Lipinski definition) is 1. The van der Waals surface area contributed by atoms with Crippen molar-refractivity contribution in [2.45, 2.75) is 25.7 Å².